The van der Waals surface area contributed by atoms with Crippen molar-refractivity contribution in [3.05, 3.63) is 95.4 Å². The lowest BCUT2D eigenvalue weighted by atomic mass is 9.76. The molecule has 0 aromatic heterocycles. The molecule has 3 aromatic rings. The van der Waals surface area contributed by atoms with E-state index in [0.29, 0.717) is 17.9 Å². The van der Waals surface area contributed by atoms with Crippen LogP contribution in [-0.4, -0.2) is 20.0 Å². The molecule has 2 N–H and O–H groups in total. The molecule has 168 valence electrons. The molecule has 1 heterocycles. The fourth-order valence-corrected chi connectivity index (χ4v) is 4.75. The van der Waals surface area contributed by atoms with Crippen LogP contribution < -0.4 is 20.1 Å². The van der Waals surface area contributed by atoms with E-state index in [1.165, 1.54) is 12.1 Å². The number of carbonyl (C=O) groups is 1. The SMILES string of the molecule is COc1ccc(C2C=C3Nc4ccccc4NC(c4ccc(F)cc4)C3C(=O)C2)cc1OC. The molecular formula is C27H25FN2O3. The Morgan fingerprint density at radius 1 is 0.879 bits per heavy atom. The number of fused-ring (bicyclic) bond motifs is 2. The van der Waals surface area contributed by atoms with Crippen LogP contribution in [0.4, 0.5) is 15.8 Å². The van der Waals surface area contributed by atoms with Crippen molar-refractivity contribution in [3.63, 3.8) is 0 Å². The number of nitrogens with one attached hydrogen (secondary N) is 2. The summed E-state index contributed by atoms with van der Waals surface area (Å²) < 4.78 is 24.4. The fraction of sp³-hybridized carbons (Fsp3) is 0.222. The Balaban J connectivity index is 1.59. The van der Waals surface area contributed by atoms with Gasteiger partial charge in [0, 0.05) is 18.0 Å². The molecule has 1 aliphatic carbocycles. The lowest BCUT2D eigenvalue weighted by molar-refractivity contribution is -0.122. The average Bonchev–Trinajstić information content (AvgIpc) is 3.01. The highest BCUT2D eigenvalue weighted by Gasteiger charge is 2.39. The molecule has 0 saturated carbocycles. The molecule has 2 aliphatic rings. The summed E-state index contributed by atoms with van der Waals surface area (Å²) in [5.74, 6) is 0.581. The van der Waals surface area contributed by atoms with Crippen molar-refractivity contribution in [2.75, 3.05) is 24.9 Å². The quantitative estimate of drug-likeness (QED) is 0.542. The van der Waals surface area contributed by atoms with Crippen molar-refractivity contribution in [1.29, 1.82) is 0 Å². The average molecular weight is 445 g/mol. The number of ketones is 1. The molecule has 0 amide bonds. The second-order valence-electron chi connectivity index (χ2n) is 8.34. The van der Waals surface area contributed by atoms with Crippen molar-refractivity contribution in [2.45, 2.75) is 18.4 Å². The van der Waals surface area contributed by atoms with Crippen LogP contribution in [0.1, 0.15) is 29.5 Å². The number of halogens is 1. The van der Waals surface area contributed by atoms with E-state index >= 15 is 0 Å². The summed E-state index contributed by atoms with van der Waals surface area (Å²) in [7, 11) is 3.20. The number of para-hydroxylation sites is 2. The number of benzene rings is 3. The maximum absolute atomic E-state index is 13.6. The van der Waals surface area contributed by atoms with E-state index in [-0.39, 0.29) is 23.6 Å². The molecular weight excluding hydrogens is 419 g/mol. The van der Waals surface area contributed by atoms with Crippen molar-refractivity contribution < 1.29 is 18.7 Å². The summed E-state index contributed by atoms with van der Waals surface area (Å²) in [4.78, 5) is 13.6. The summed E-state index contributed by atoms with van der Waals surface area (Å²) in [6.45, 7) is 0. The van der Waals surface area contributed by atoms with Crippen molar-refractivity contribution in [2.24, 2.45) is 5.92 Å². The topological polar surface area (TPSA) is 59.6 Å². The highest BCUT2D eigenvalue weighted by molar-refractivity contribution is 5.90. The first-order valence-electron chi connectivity index (χ1n) is 10.9. The largest absolute Gasteiger partial charge is 0.493 e. The summed E-state index contributed by atoms with van der Waals surface area (Å²) >= 11 is 0. The number of rotatable bonds is 4. The third kappa shape index (κ3) is 3.93. The van der Waals surface area contributed by atoms with Crippen LogP contribution in [0.25, 0.3) is 0 Å². The molecule has 33 heavy (non-hydrogen) atoms. The molecule has 6 heteroatoms. The van der Waals surface area contributed by atoms with E-state index in [1.54, 1.807) is 26.4 Å². The first-order chi connectivity index (χ1) is 16.1. The lowest BCUT2D eigenvalue weighted by Crippen LogP contribution is -2.33. The molecule has 5 rings (SSSR count). The third-order valence-corrected chi connectivity index (χ3v) is 6.40. The Hall–Kier alpha value is -3.80. The number of allylic oxidation sites excluding steroid dienone is 1. The van der Waals surface area contributed by atoms with Crippen LogP contribution in [-0.2, 0) is 4.79 Å². The zero-order chi connectivity index (χ0) is 22.9. The van der Waals surface area contributed by atoms with Gasteiger partial charge in [-0.1, -0.05) is 36.4 Å². The van der Waals surface area contributed by atoms with Gasteiger partial charge in [-0.15, -0.1) is 0 Å². The van der Waals surface area contributed by atoms with E-state index in [9.17, 15) is 9.18 Å². The monoisotopic (exact) mass is 444 g/mol. The first kappa shape index (κ1) is 21.1. The number of anilines is 2. The molecule has 0 fully saturated rings. The Labute approximate surface area is 192 Å². The van der Waals surface area contributed by atoms with Gasteiger partial charge in [0.2, 0.25) is 0 Å². The molecule has 0 bridgehead atoms. The normalized spacial score (nSPS) is 21.5. The van der Waals surface area contributed by atoms with Crippen LogP contribution in [0.15, 0.2) is 78.5 Å². The van der Waals surface area contributed by atoms with Gasteiger partial charge >= 0.3 is 0 Å². The predicted octanol–water partition coefficient (Wildman–Crippen LogP) is 5.68. The summed E-state index contributed by atoms with van der Waals surface area (Å²) in [6, 6.07) is 19.7. The maximum atomic E-state index is 13.6. The van der Waals surface area contributed by atoms with E-state index < -0.39 is 5.92 Å². The first-order valence-corrected chi connectivity index (χ1v) is 10.9. The minimum Gasteiger partial charge on any atom is -0.493 e. The number of methoxy groups -OCH3 is 2. The van der Waals surface area contributed by atoms with Crippen LogP contribution in [0.5, 0.6) is 11.5 Å². The molecule has 3 aromatic carbocycles. The van der Waals surface area contributed by atoms with Crippen molar-refractivity contribution in [1.82, 2.24) is 0 Å². The van der Waals surface area contributed by atoms with E-state index in [2.05, 4.69) is 16.7 Å². The van der Waals surface area contributed by atoms with E-state index in [0.717, 1.165) is 28.2 Å². The van der Waals surface area contributed by atoms with Crippen LogP contribution in [0.3, 0.4) is 0 Å². The van der Waals surface area contributed by atoms with Crippen molar-refractivity contribution >= 4 is 17.2 Å². The third-order valence-electron chi connectivity index (χ3n) is 6.40. The van der Waals surface area contributed by atoms with Gasteiger partial charge in [-0.3, -0.25) is 4.79 Å². The minimum atomic E-state index is -0.417. The zero-order valence-corrected chi connectivity index (χ0v) is 18.5. The standard InChI is InChI=1S/C27H25FN2O3/c1-32-24-12-9-17(15-25(24)33-2)18-13-22-26(23(31)14-18)27(16-7-10-19(28)11-8-16)30-21-6-4-3-5-20(21)29-22/h3-13,15,18,26-27,29-30H,14H2,1-2H3. The molecule has 0 radical (unpaired) electrons. The Morgan fingerprint density at radius 2 is 1.58 bits per heavy atom. The second kappa shape index (κ2) is 8.62. The lowest BCUT2D eigenvalue weighted by Gasteiger charge is -2.32. The van der Waals surface area contributed by atoms with Crippen LogP contribution in [0, 0.1) is 11.7 Å². The molecule has 1 aliphatic heterocycles. The summed E-state index contributed by atoms with van der Waals surface area (Å²) in [5, 5.41) is 7.03. The fourth-order valence-electron chi connectivity index (χ4n) is 4.75. The van der Waals surface area contributed by atoms with Crippen molar-refractivity contribution in [3.8, 4) is 11.5 Å². The highest BCUT2D eigenvalue weighted by atomic mass is 19.1. The van der Waals surface area contributed by atoms with Gasteiger partial charge in [0.05, 0.1) is 37.6 Å². The second-order valence-corrected chi connectivity index (χ2v) is 8.34. The summed E-state index contributed by atoms with van der Waals surface area (Å²) in [5.41, 5.74) is 4.50. The minimum absolute atomic E-state index is 0.102. The molecule has 3 unspecified atom stereocenters. The number of hydrogen-bond acceptors (Lipinski definition) is 5. The Kier molecular flexibility index (Phi) is 5.50. The zero-order valence-electron chi connectivity index (χ0n) is 18.5. The summed E-state index contributed by atoms with van der Waals surface area (Å²) in [6.07, 6.45) is 2.49. The van der Waals surface area contributed by atoms with Gasteiger partial charge < -0.3 is 20.1 Å². The number of Topliss-reactive ketones (excluding diaryl/α,β-unsaturated/α-hetero) is 1. The number of carbonyl (C=O) groups excluding carboxylic acids is 1. The van der Waals surface area contributed by atoms with Crippen LogP contribution in [0.2, 0.25) is 0 Å². The number of hydrogen-bond donors (Lipinski definition) is 2. The van der Waals surface area contributed by atoms with Gasteiger partial charge in [-0.05, 0) is 47.5 Å². The predicted molar refractivity (Wildman–Crippen MR) is 126 cm³/mol. The van der Waals surface area contributed by atoms with E-state index in [4.69, 9.17) is 9.47 Å². The van der Waals surface area contributed by atoms with Gasteiger partial charge in [0.25, 0.3) is 0 Å². The molecule has 3 atom stereocenters. The number of ether oxygens (including phenoxy) is 2. The van der Waals surface area contributed by atoms with Gasteiger partial charge in [0.15, 0.2) is 11.5 Å². The van der Waals surface area contributed by atoms with Gasteiger partial charge in [-0.2, -0.15) is 0 Å². The van der Waals surface area contributed by atoms with Crippen LogP contribution >= 0.6 is 0 Å². The van der Waals surface area contributed by atoms with E-state index in [1.807, 2.05) is 42.5 Å². The smallest absolute Gasteiger partial charge is 0.161 e. The maximum Gasteiger partial charge on any atom is 0.161 e. The Bertz CT molecular complexity index is 1220. The highest BCUT2D eigenvalue weighted by Crippen LogP contribution is 2.45. The molecule has 0 saturated heterocycles. The Morgan fingerprint density at radius 3 is 2.30 bits per heavy atom. The molecule has 5 nitrogen and oxygen atoms in total. The van der Waals surface area contributed by atoms with Gasteiger partial charge in [0.1, 0.15) is 11.6 Å². The molecule has 0 spiro atoms. The van der Waals surface area contributed by atoms with Gasteiger partial charge in [-0.25, -0.2) is 4.39 Å².